The number of aromatic nitrogens is 1. The van der Waals surface area contributed by atoms with E-state index in [4.69, 9.17) is 12.3 Å². The molecule has 11 heavy (non-hydrogen) atoms. The Balaban J connectivity index is 3.63. The third-order valence-electron chi connectivity index (χ3n) is 0.887. The Morgan fingerprint density at radius 2 is 2.73 bits per heavy atom. The summed E-state index contributed by atoms with van der Waals surface area (Å²) < 4.78 is 68.0. The third-order valence-corrected chi connectivity index (χ3v) is 3.98. The van der Waals surface area contributed by atoms with Crippen LogP contribution in [0.1, 0.15) is 43.3 Å². The van der Waals surface area contributed by atoms with Gasteiger partial charge >= 0.3 is 0 Å². The van der Waals surface area contributed by atoms with Crippen LogP contribution >= 0.6 is 43.2 Å². The molecule has 0 bridgehead atoms. The minimum absolute atomic E-state index is 0.194. The molecular weight excluding hydrogens is 290 g/mol. The van der Waals surface area contributed by atoms with Crippen LogP contribution < -0.4 is 0 Å². The summed E-state index contributed by atoms with van der Waals surface area (Å²) >= 11 is 6.80. The highest BCUT2D eigenvalue weighted by Crippen LogP contribution is 2.33. The molecule has 1 aromatic heterocycles. The molecule has 1 aromatic rings. The second kappa shape index (κ2) is 4.01. The highest BCUT2D eigenvalue weighted by molar-refractivity contribution is 9.13. The average Bonchev–Trinajstić information content (AvgIpc) is 2.54. The first-order valence-corrected chi connectivity index (χ1v) is 4.89. The molecule has 0 amide bonds. The fourth-order valence-corrected chi connectivity index (χ4v) is 2.12. The van der Waals surface area contributed by atoms with E-state index in [1.165, 1.54) is 0 Å². The van der Waals surface area contributed by atoms with Crippen molar-refractivity contribution < 1.29 is 12.3 Å². The normalized spacial score (nSPS) is 32.0. The maximum Gasteiger partial charge on any atom is 0.131 e. The van der Waals surface area contributed by atoms with E-state index in [0.717, 1.165) is 0 Å². The quantitative estimate of drug-likeness (QED) is 0.798. The zero-order valence-corrected chi connectivity index (χ0v) is 9.10. The molecule has 62 valence electrons. The molecule has 0 aliphatic rings. The van der Waals surface area contributed by atoms with Crippen molar-refractivity contribution in [3.05, 3.63) is 13.4 Å². The van der Waals surface area contributed by atoms with E-state index < -0.39 is 31.0 Å². The number of nitrogens with zero attached hydrogens (tertiary/aromatic N) is 1. The Bertz CT molecular complexity index is 488. The Hall–Kier alpha value is 0.590. The molecule has 0 saturated heterocycles. The molecule has 0 fully saturated rings. The zero-order chi connectivity index (χ0) is 16.1. The number of halogens is 2. The first-order chi connectivity index (χ1) is 8.66. The number of thiazole rings is 1. The van der Waals surface area contributed by atoms with Gasteiger partial charge in [0.15, 0.2) is 0 Å². The predicted octanol–water partition coefficient (Wildman–Crippen LogP) is 4.18. The van der Waals surface area contributed by atoms with Crippen LogP contribution in [0.25, 0.3) is 0 Å². The molecule has 1 unspecified atom stereocenters. The Labute approximate surface area is 100 Å². The lowest BCUT2D eigenvalue weighted by atomic mass is 10.1. The summed E-state index contributed by atoms with van der Waals surface area (Å²) in [5.74, 6) is -3.01. The SMILES string of the molecule is [2H]C([2H])([2H])C([2H])([2H])C([2H])(c1nc(Br)c(Br)s1)C([2H])([2H])[2H]. The van der Waals surface area contributed by atoms with Crippen LogP contribution in [0, 0.1) is 0 Å². The molecule has 4 heteroatoms. The lowest BCUT2D eigenvalue weighted by molar-refractivity contribution is 0.725. The highest BCUT2D eigenvalue weighted by Gasteiger charge is 2.10. The molecule has 0 N–H and O–H groups in total. The van der Waals surface area contributed by atoms with Crippen molar-refractivity contribution >= 4 is 43.2 Å². The van der Waals surface area contributed by atoms with Crippen LogP contribution in [0.4, 0.5) is 0 Å². The van der Waals surface area contributed by atoms with Crippen molar-refractivity contribution in [1.29, 1.82) is 0 Å². The summed E-state index contributed by atoms with van der Waals surface area (Å²) in [6.45, 7) is -6.49. The Kier molecular flexibility index (Phi) is 1.12. The van der Waals surface area contributed by atoms with Gasteiger partial charge in [0.2, 0.25) is 0 Å². The van der Waals surface area contributed by atoms with E-state index in [2.05, 4.69) is 36.8 Å². The van der Waals surface area contributed by atoms with E-state index >= 15 is 0 Å². The smallest absolute Gasteiger partial charge is 0.131 e. The molecule has 1 heterocycles. The van der Waals surface area contributed by atoms with Gasteiger partial charge in [-0.1, -0.05) is 13.7 Å². The topological polar surface area (TPSA) is 12.9 Å². The molecule has 0 aliphatic carbocycles. The van der Waals surface area contributed by atoms with Crippen molar-refractivity contribution in [3.8, 4) is 0 Å². The minimum atomic E-state index is -3.30. The molecule has 0 radical (unpaired) electrons. The molecule has 0 aromatic carbocycles. The lowest BCUT2D eigenvalue weighted by Gasteiger charge is -2.00. The maximum absolute atomic E-state index is 8.09. The first kappa shape index (κ1) is 3.07. The maximum atomic E-state index is 8.09. The lowest BCUT2D eigenvalue weighted by Crippen LogP contribution is -1.88. The van der Waals surface area contributed by atoms with E-state index in [1.807, 2.05) is 0 Å². The van der Waals surface area contributed by atoms with E-state index in [-0.39, 0.29) is 4.60 Å². The van der Waals surface area contributed by atoms with Crippen LogP contribution in [-0.2, 0) is 0 Å². The average molecular weight is 308 g/mol. The highest BCUT2D eigenvalue weighted by atomic mass is 79.9. The van der Waals surface area contributed by atoms with Gasteiger partial charge in [-0.15, -0.1) is 11.3 Å². The van der Waals surface area contributed by atoms with Crippen molar-refractivity contribution in [2.24, 2.45) is 0 Å². The van der Waals surface area contributed by atoms with Crippen LogP contribution in [0.5, 0.6) is 0 Å². The number of hydrogen-bond donors (Lipinski definition) is 0. The Morgan fingerprint density at radius 1 is 1.91 bits per heavy atom. The summed E-state index contributed by atoms with van der Waals surface area (Å²) in [5.41, 5.74) is 0. The van der Waals surface area contributed by atoms with Crippen LogP contribution in [0.3, 0.4) is 0 Å². The van der Waals surface area contributed by atoms with Gasteiger partial charge < -0.3 is 0 Å². The van der Waals surface area contributed by atoms with Gasteiger partial charge in [-0.05, 0) is 38.2 Å². The van der Waals surface area contributed by atoms with E-state index in [1.54, 1.807) is 0 Å². The summed E-state index contributed by atoms with van der Waals surface area (Å²) in [5, 5.41) is -0.433. The summed E-state index contributed by atoms with van der Waals surface area (Å²) in [6.07, 6.45) is -3.30. The van der Waals surface area contributed by atoms with Gasteiger partial charge in [0, 0.05) is 18.2 Å². The van der Waals surface area contributed by atoms with Gasteiger partial charge in [-0.2, -0.15) is 0 Å². The van der Waals surface area contributed by atoms with E-state index in [9.17, 15) is 0 Å². The summed E-state index contributed by atoms with van der Waals surface area (Å²) in [7, 11) is 0. The van der Waals surface area contributed by atoms with Crippen LogP contribution in [0.15, 0.2) is 8.39 Å². The van der Waals surface area contributed by atoms with Crippen molar-refractivity contribution in [2.45, 2.75) is 26.0 Å². The second-order valence-electron chi connectivity index (χ2n) is 1.58. The van der Waals surface area contributed by atoms with Gasteiger partial charge in [0.1, 0.15) is 8.39 Å². The van der Waals surface area contributed by atoms with E-state index in [0.29, 0.717) is 15.1 Å². The number of rotatable bonds is 2. The van der Waals surface area contributed by atoms with Crippen LogP contribution in [-0.4, -0.2) is 4.98 Å². The molecule has 1 nitrogen and oxygen atoms in total. The first-order valence-electron chi connectivity index (χ1n) is 6.98. The van der Waals surface area contributed by atoms with Crippen molar-refractivity contribution in [1.82, 2.24) is 4.98 Å². The second-order valence-corrected chi connectivity index (χ2v) is 4.65. The van der Waals surface area contributed by atoms with Gasteiger partial charge in [-0.3, -0.25) is 0 Å². The molecule has 0 saturated carbocycles. The number of hydrogen-bond acceptors (Lipinski definition) is 2. The summed E-state index contributed by atoms with van der Waals surface area (Å²) in [6, 6.07) is 0. The van der Waals surface area contributed by atoms with Crippen molar-refractivity contribution in [2.75, 3.05) is 0 Å². The van der Waals surface area contributed by atoms with Crippen LogP contribution in [0.2, 0.25) is 0 Å². The van der Waals surface area contributed by atoms with Gasteiger partial charge in [-0.25, -0.2) is 4.98 Å². The largest absolute Gasteiger partial charge is 0.233 e. The minimum Gasteiger partial charge on any atom is -0.233 e. The fourth-order valence-electron chi connectivity index (χ4n) is 0.443. The fraction of sp³-hybridized carbons (Fsp3) is 0.571. The Morgan fingerprint density at radius 3 is 3.18 bits per heavy atom. The molecule has 0 aliphatic heterocycles. The van der Waals surface area contributed by atoms with Crippen molar-refractivity contribution in [3.63, 3.8) is 0 Å². The standard InChI is InChI=1S/C7H9Br2NS/c1-3-4(2)7-10-5(8)6(9)11-7/h4H,3H2,1-2H3/i1D3,2D3,3D2,4D. The molecule has 1 rings (SSSR count). The summed E-state index contributed by atoms with van der Waals surface area (Å²) in [4.78, 5) is 3.78. The zero-order valence-electron chi connectivity index (χ0n) is 14.1. The molecular formula is C7H9Br2NS. The third kappa shape index (κ3) is 2.26. The molecule has 0 spiro atoms. The monoisotopic (exact) mass is 306 g/mol. The van der Waals surface area contributed by atoms with Gasteiger partial charge in [0.25, 0.3) is 0 Å². The van der Waals surface area contributed by atoms with Gasteiger partial charge in [0.05, 0.1) is 5.01 Å². The predicted molar refractivity (Wildman–Crippen MR) is 56.2 cm³/mol. The molecule has 1 atom stereocenters.